The van der Waals surface area contributed by atoms with Crippen molar-refractivity contribution in [1.29, 1.82) is 0 Å². The number of piperidine rings is 1. The second kappa shape index (κ2) is 7.06. The minimum Gasteiger partial charge on any atom is -0.303 e. The second-order valence-electron chi connectivity index (χ2n) is 8.11. The second-order valence-corrected chi connectivity index (χ2v) is 8.11. The molecule has 0 aliphatic carbocycles. The predicted octanol–water partition coefficient (Wildman–Crippen LogP) is 3.09. The third-order valence-electron chi connectivity index (χ3n) is 6.56. The van der Waals surface area contributed by atoms with Crippen LogP contribution in [0.15, 0.2) is 42.5 Å². The van der Waals surface area contributed by atoms with Crippen molar-refractivity contribution in [2.24, 2.45) is 0 Å². The molecule has 0 aromatic heterocycles. The number of fused-ring (bicyclic) bond motifs is 1. The Bertz CT molecular complexity index is 713. The van der Waals surface area contributed by atoms with Gasteiger partial charge in [0.15, 0.2) is 0 Å². The summed E-state index contributed by atoms with van der Waals surface area (Å²) in [5, 5.41) is 2.79. The summed E-state index contributed by atoms with van der Waals surface area (Å²) in [6, 6.07) is 15.5. The van der Waals surface area contributed by atoms with Gasteiger partial charge in [-0.15, -0.1) is 0 Å². The van der Waals surface area contributed by atoms with Crippen LogP contribution in [0.5, 0.6) is 0 Å². The van der Waals surface area contributed by atoms with E-state index in [1.807, 2.05) is 0 Å². The zero-order valence-electron chi connectivity index (χ0n) is 15.7. The van der Waals surface area contributed by atoms with Crippen LogP contribution in [0.3, 0.4) is 0 Å². The van der Waals surface area contributed by atoms with Gasteiger partial charge in [0.2, 0.25) is 0 Å². The van der Waals surface area contributed by atoms with Gasteiger partial charge in [-0.3, -0.25) is 4.90 Å². The minimum absolute atomic E-state index is 0.420. The van der Waals surface area contributed by atoms with Crippen LogP contribution in [0.25, 0.3) is 10.8 Å². The van der Waals surface area contributed by atoms with Crippen LogP contribution in [0, 0.1) is 0 Å². The molecule has 25 heavy (non-hydrogen) atoms. The van der Waals surface area contributed by atoms with Gasteiger partial charge in [-0.1, -0.05) is 42.5 Å². The van der Waals surface area contributed by atoms with Crippen molar-refractivity contribution in [3.05, 3.63) is 48.0 Å². The van der Waals surface area contributed by atoms with E-state index < -0.39 is 0 Å². The number of benzene rings is 2. The highest BCUT2D eigenvalue weighted by atomic mass is 15.3. The summed E-state index contributed by atoms with van der Waals surface area (Å²) >= 11 is 0. The number of likely N-dealkylation sites (N-methyl/N-ethyl adjacent to an activating group) is 2. The monoisotopic (exact) mass is 337 g/mol. The molecule has 2 aliphatic rings. The van der Waals surface area contributed by atoms with Crippen LogP contribution >= 0.6 is 0 Å². The first-order chi connectivity index (χ1) is 12.2. The molecular formula is C22H31N3. The summed E-state index contributed by atoms with van der Waals surface area (Å²) in [6.07, 6.45) is 3.77. The zero-order chi connectivity index (χ0) is 17.3. The van der Waals surface area contributed by atoms with Crippen molar-refractivity contribution < 1.29 is 0 Å². The van der Waals surface area contributed by atoms with Crippen LogP contribution in [0.4, 0.5) is 0 Å². The number of piperazine rings is 1. The smallest absolute Gasteiger partial charge is 0.0358 e. The topological polar surface area (TPSA) is 9.72 Å². The molecule has 2 aromatic rings. The maximum absolute atomic E-state index is 2.68. The van der Waals surface area contributed by atoms with Gasteiger partial charge < -0.3 is 9.80 Å². The summed E-state index contributed by atoms with van der Waals surface area (Å²) in [5.41, 5.74) is 1.91. The minimum atomic E-state index is 0.420. The predicted molar refractivity (Wildman–Crippen MR) is 106 cm³/mol. The van der Waals surface area contributed by atoms with E-state index in [9.17, 15) is 0 Å². The lowest BCUT2D eigenvalue weighted by molar-refractivity contribution is -0.0187. The van der Waals surface area contributed by atoms with Crippen LogP contribution in [-0.4, -0.2) is 73.6 Å². The first-order valence-electron chi connectivity index (χ1n) is 9.75. The highest BCUT2D eigenvalue weighted by Crippen LogP contribution is 2.31. The molecule has 2 saturated heterocycles. The highest BCUT2D eigenvalue weighted by molar-refractivity contribution is 5.85. The standard InChI is InChI=1S/C22H31N3/c1-23-16-17-24(2)22(18-23)11-14-25(15-12-22)13-10-20-8-5-7-19-6-3-4-9-21(19)20/h3-9H,10-18H2,1-2H3. The van der Waals surface area contributed by atoms with Crippen LogP contribution in [0.1, 0.15) is 18.4 Å². The van der Waals surface area contributed by atoms with Crippen molar-refractivity contribution in [3.8, 4) is 0 Å². The molecule has 2 aliphatic heterocycles. The number of rotatable bonds is 3. The Morgan fingerprint density at radius 2 is 1.64 bits per heavy atom. The summed E-state index contributed by atoms with van der Waals surface area (Å²) in [6.45, 7) is 7.33. The fourth-order valence-corrected chi connectivity index (χ4v) is 4.78. The Hall–Kier alpha value is -1.42. The third kappa shape index (κ3) is 3.46. The fourth-order valence-electron chi connectivity index (χ4n) is 4.78. The molecule has 0 unspecified atom stereocenters. The Labute approximate surface area is 152 Å². The van der Waals surface area contributed by atoms with Crippen LogP contribution < -0.4 is 0 Å². The van der Waals surface area contributed by atoms with Crippen molar-refractivity contribution in [2.75, 3.05) is 53.4 Å². The lowest BCUT2D eigenvalue weighted by Gasteiger charge is -2.52. The maximum Gasteiger partial charge on any atom is 0.0358 e. The highest BCUT2D eigenvalue weighted by Gasteiger charge is 2.40. The molecule has 0 N–H and O–H groups in total. The van der Waals surface area contributed by atoms with E-state index in [1.165, 1.54) is 68.4 Å². The van der Waals surface area contributed by atoms with Crippen molar-refractivity contribution >= 4 is 10.8 Å². The quantitative estimate of drug-likeness (QED) is 0.852. The maximum atomic E-state index is 2.68. The van der Waals surface area contributed by atoms with Gasteiger partial charge >= 0.3 is 0 Å². The van der Waals surface area contributed by atoms with Crippen molar-refractivity contribution in [1.82, 2.24) is 14.7 Å². The first kappa shape index (κ1) is 17.0. The van der Waals surface area contributed by atoms with Crippen LogP contribution in [-0.2, 0) is 6.42 Å². The van der Waals surface area contributed by atoms with Gasteiger partial charge in [0.25, 0.3) is 0 Å². The third-order valence-corrected chi connectivity index (χ3v) is 6.56. The SMILES string of the molecule is CN1CCN(C)C2(CCN(CCc3cccc4ccccc34)CC2)C1. The normalized spacial score (nSPS) is 22.6. The molecule has 0 radical (unpaired) electrons. The summed E-state index contributed by atoms with van der Waals surface area (Å²) in [7, 11) is 4.61. The summed E-state index contributed by atoms with van der Waals surface area (Å²) < 4.78 is 0. The largest absolute Gasteiger partial charge is 0.303 e. The van der Waals surface area contributed by atoms with Gasteiger partial charge in [0, 0.05) is 31.7 Å². The molecule has 0 bridgehead atoms. The Kier molecular flexibility index (Phi) is 4.81. The van der Waals surface area contributed by atoms with Gasteiger partial charge in [0.05, 0.1) is 0 Å². The van der Waals surface area contributed by atoms with Gasteiger partial charge in [-0.2, -0.15) is 0 Å². The molecule has 1 spiro atoms. The molecule has 0 atom stereocenters. The molecule has 134 valence electrons. The Morgan fingerprint density at radius 1 is 0.880 bits per heavy atom. The average molecular weight is 338 g/mol. The molecule has 2 aromatic carbocycles. The number of hydrogen-bond acceptors (Lipinski definition) is 3. The summed E-state index contributed by atoms with van der Waals surface area (Å²) in [4.78, 5) is 7.83. The van der Waals surface area contributed by atoms with Crippen LogP contribution in [0.2, 0.25) is 0 Å². The summed E-state index contributed by atoms with van der Waals surface area (Å²) in [5.74, 6) is 0. The number of nitrogens with zero attached hydrogens (tertiary/aromatic N) is 3. The molecular weight excluding hydrogens is 306 g/mol. The van der Waals surface area contributed by atoms with Crippen molar-refractivity contribution in [3.63, 3.8) is 0 Å². The zero-order valence-corrected chi connectivity index (χ0v) is 15.7. The average Bonchev–Trinajstić information content (AvgIpc) is 2.64. The van der Waals surface area contributed by atoms with E-state index >= 15 is 0 Å². The van der Waals surface area contributed by atoms with E-state index in [0.29, 0.717) is 5.54 Å². The van der Waals surface area contributed by atoms with Gasteiger partial charge in [0.1, 0.15) is 0 Å². The van der Waals surface area contributed by atoms with Crippen molar-refractivity contribution in [2.45, 2.75) is 24.8 Å². The van der Waals surface area contributed by atoms with Gasteiger partial charge in [-0.25, -0.2) is 0 Å². The Morgan fingerprint density at radius 3 is 2.48 bits per heavy atom. The fraction of sp³-hybridized carbons (Fsp3) is 0.545. The van der Waals surface area contributed by atoms with E-state index in [4.69, 9.17) is 0 Å². The lowest BCUT2D eigenvalue weighted by atomic mass is 9.83. The molecule has 3 nitrogen and oxygen atoms in total. The molecule has 0 amide bonds. The Balaban J connectivity index is 1.37. The van der Waals surface area contributed by atoms with Gasteiger partial charge in [-0.05, 0) is 62.8 Å². The van der Waals surface area contributed by atoms with E-state index in [2.05, 4.69) is 71.3 Å². The molecule has 4 rings (SSSR count). The first-order valence-corrected chi connectivity index (χ1v) is 9.75. The molecule has 3 heteroatoms. The molecule has 2 fully saturated rings. The van der Waals surface area contributed by atoms with E-state index in [0.717, 1.165) is 6.42 Å². The number of hydrogen-bond donors (Lipinski definition) is 0. The van der Waals surface area contributed by atoms with E-state index in [1.54, 1.807) is 0 Å². The van der Waals surface area contributed by atoms with E-state index in [-0.39, 0.29) is 0 Å². The lowest BCUT2D eigenvalue weighted by Crippen LogP contribution is -2.63. The molecule has 0 saturated carbocycles. The number of likely N-dealkylation sites (tertiary alicyclic amines) is 1. The molecule has 2 heterocycles.